The summed E-state index contributed by atoms with van der Waals surface area (Å²) >= 11 is 0. The second-order valence-electron chi connectivity index (χ2n) is 9.70. The van der Waals surface area contributed by atoms with Gasteiger partial charge in [-0.1, -0.05) is 48.4 Å². The van der Waals surface area contributed by atoms with Gasteiger partial charge in [0.05, 0.1) is 17.1 Å². The Labute approximate surface area is 194 Å². The monoisotopic (exact) mass is 439 g/mol. The van der Waals surface area contributed by atoms with E-state index in [1.165, 1.54) is 0 Å². The van der Waals surface area contributed by atoms with Crippen LogP contribution in [0, 0.1) is 12.8 Å². The average Bonchev–Trinajstić information content (AvgIpc) is 3.50. The van der Waals surface area contributed by atoms with Crippen molar-refractivity contribution in [3.8, 4) is 5.69 Å². The molecule has 168 valence electrons. The highest BCUT2D eigenvalue weighted by atomic mass is 16.2. The van der Waals surface area contributed by atoms with Gasteiger partial charge in [0.2, 0.25) is 11.8 Å². The van der Waals surface area contributed by atoms with Gasteiger partial charge in [-0.25, -0.2) is 0 Å². The Kier molecular flexibility index (Phi) is 4.86. The molecule has 2 aliphatic carbocycles. The van der Waals surface area contributed by atoms with Crippen molar-refractivity contribution in [3.05, 3.63) is 83.7 Å². The predicted molar refractivity (Wildman–Crippen MR) is 128 cm³/mol. The van der Waals surface area contributed by atoms with E-state index in [9.17, 15) is 9.59 Å². The fourth-order valence-electron chi connectivity index (χ4n) is 5.30. The predicted octanol–water partition coefficient (Wildman–Crippen LogP) is 5.01. The topological polar surface area (TPSA) is 45.6 Å². The van der Waals surface area contributed by atoms with E-state index in [2.05, 4.69) is 54.1 Å². The molecule has 0 radical (unpaired) electrons. The summed E-state index contributed by atoms with van der Waals surface area (Å²) in [4.78, 5) is 31.1. The molecule has 5 nitrogen and oxygen atoms in total. The van der Waals surface area contributed by atoms with Crippen LogP contribution in [0.3, 0.4) is 0 Å². The lowest BCUT2D eigenvalue weighted by atomic mass is 9.84. The third kappa shape index (κ3) is 3.47. The number of aryl methyl sites for hydroxylation is 1. The van der Waals surface area contributed by atoms with Gasteiger partial charge in [-0.05, 0) is 62.4 Å². The number of fused-ring (bicyclic) bond motifs is 3. The third-order valence-electron chi connectivity index (χ3n) is 7.38. The van der Waals surface area contributed by atoms with E-state index < -0.39 is 0 Å². The molecule has 33 heavy (non-hydrogen) atoms. The maximum Gasteiger partial charge on any atom is 0.247 e. The molecule has 2 aromatic carbocycles. The van der Waals surface area contributed by atoms with Gasteiger partial charge in [0.1, 0.15) is 12.6 Å². The highest BCUT2D eigenvalue weighted by Gasteiger charge is 2.42. The van der Waals surface area contributed by atoms with Crippen LogP contribution in [0.2, 0.25) is 0 Å². The molecule has 1 aliphatic heterocycles. The van der Waals surface area contributed by atoms with Crippen LogP contribution in [0.5, 0.6) is 0 Å². The first-order valence-electron chi connectivity index (χ1n) is 12.1. The normalized spacial score (nSPS) is 19.4. The molecule has 3 aromatic rings. The zero-order valence-electron chi connectivity index (χ0n) is 19.0. The highest BCUT2D eigenvalue weighted by Crippen LogP contribution is 2.43. The first-order chi connectivity index (χ1) is 16.1. The van der Waals surface area contributed by atoms with Gasteiger partial charge >= 0.3 is 0 Å². The molecule has 2 fully saturated rings. The highest BCUT2D eigenvalue weighted by molar-refractivity contribution is 6.00. The molecular weight excluding hydrogens is 410 g/mol. The van der Waals surface area contributed by atoms with Crippen molar-refractivity contribution in [3.63, 3.8) is 0 Å². The van der Waals surface area contributed by atoms with Gasteiger partial charge in [0, 0.05) is 18.2 Å². The van der Waals surface area contributed by atoms with Gasteiger partial charge in [-0.3, -0.25) is 14.5 Å². The second-order valence-corrected chi connectivity index (χ2v) is 9.70. The Morgan fingerprint density at radius 3 is 2.42 bits per heavy atom. The standard InChI is InChI=1S/C28H29N3O2/c1-19-7-4-10-21(17-19)27-25-13-6-16-29(25)23-11-2-3-12-24(23)31(27)26(32)18-30(22-14-15-22)28(33)20-8-5-9-20/h2-4,6-7,10-13,16-17,20,22,27H,5,8-9,14-15,18H2,1H3. The van der Waals surface area contributed by atoms with Crippen molar-refractivity contribution in [1.82, 2.24) is 9.47 Å². The summed E-state index contributed by atoms with van der Waals surface area (Å²) in [6, 6.07) is 20.6. The van der Waals surface area contributed by atoms with Crippen LogP contribution in [-0.2, 0) is 9.59 Å². The van der Waals surface area contributed by atoms with E-state index in [0.29, 0.717) is 0 Å². The molecule has 2 saturated carbocycles. The van der Waals surface area contributed by atoms with Gasteiger partial charge in [-0.15, -0.1) is 0 Å². The van der Waals surface area contributed by atoms with Crippen LogP contribution in [0.25, 0.3) is 5.69 Å². The molecule has 2 heterocycles. The van der Waals surface area contributed by atoms with Crippen molar-refractivity contribution >= 4 is 17.5 Å². The van der Waals surface area contributed by atoms with Crippen LogP contribution in [0.4, 0.5) is 5.69 Å². The number of benzene rings is 2. The minimum absolute atomic E-state index is 0.0130. The zero-order chi connectivity index (χ0) is 22.5. The van der Waals surface area contributed by atoms with Gasteiger partial charge in [0.25, 0.3) is 0 Å². The molecule has 5 heteroatoms. The first kappa shape index (κ1) is 20.3. The number of rotatable bonds is 5. The Morgan fingerprint density at radius 1 is 0.939 bits per heavy atom. The average molecular weight is 440 g/mol. The first-order valence-corrected chi connectivity index (χ1v) is 12.1. The van der Waals surface area contributed by atoms with Gasteiger partial charge < -0.3 is 9.47 Å². The summed E-state index contributed by atoms with van der Waals surface area (Å²) in [5.74, 6) is 0.274. The van der Waals surface area contributed by atoms with Crippen LogP contribution in [0.1, 0.15) is 55.0 Å². The summed E-state index contributed by atoms with van der Waals surface area (Å²) < 4.78 is 2.18. The minimum atomic E-state index is -0.234. The lowest BCUT2D eigenvalue weighted by Gasteiger charge is -2.40. The number of aromatic nitrogens is 1. The van der Waals surface area contributed by atoms with E-state index in [1.54, 1.807) is 0 Å². The molecule has 1 aromatic heterocycles. The zero-order valence-corrected chi connectivity index (χ0v) is 19.0. The van der Waals surface area contributed by atoms with Crippen LogP contribution in [-0.4, -0.2) is 33.9 Å². The molecule has 2 amide bonds. The van der Waals surface area contributed by atoms with E-state index in [-0.39, 0.29) is 36.4 Å². The van der Waals surface area contributed by atoms with Gasteiger partial charge in [-0.2, -0.15) is 0 Å². The molecule has 0 spiro atoms. The summed E-state index contributed by atoms with van der Waals surface area (Å²) in [5, 5.41) is 0. The quantitative estimate of drug-likeness (QED) is 0.561. The van der Waals surface area contributed by atoms with Crippen molar-refractivity contribution < 1.29 is 9.59 Å². The Bertz CT molecular complexity index is 1220. The van der Waals surface area contributed by atoms with E-state index in [1.807, 2.05) is 34.1 Å². The molecule has 0 bridgehead atoms. The molecule has 3 aliphatic rings. The molecule has 6 rings (SSSR count). The van der Waals surface area contributed by atoms with Crippen LogP contribution in [0.15, 0.2) is 66.9 Å². The fraction of sp³-hybridized carbons (Fsp3) is 0.357. The summed E-state index contributed by atoms with van der Waals surface area (Å²) in [6.45, 7) is 2.23. The van der Waals surface area contributed by atoms with Crippen molar-refractivity contribution in [1.29, 1.82) is 0 Å². The number of nitrogens with zero attached hydrogens (tertiary/aromatic N) is 3. The lowest BCUT2D eigenvalue weighted by Crippen LogP contribution is -2.49. The number of para-hydroxylation sites is 2. The molecule has 1 atom stereocenters. The molecule has 1 unspecified atom stereocenters. The number of hydrogen-bond acceptors (Lipinski definition) is 2. The fourth-order valence-corrected chi connectivity index (χ4v) is 5.30. The maximum absolute atomic E-state index is 14.1. The summed E-state index contributed by atoms with van der Waals surface area (Å²) in [6.07, 6.45) is 7.12. The lowest BCUT2D eigenvalue weighted by molar-refractivity contribution is -0.141. The summed E-state index contributed by atoms with van der Waals surface area (Å²) in [7, 11) is 0. The summed E-state index contributed by atoms with van der Waals surface area (Å²) in [5.41, 5.74) is 5.20. The molecular formula is C28H29N3O2. The third-order valence-corrected chi connectivity index (χ3v) is 7.38. The van der Waals surface area contributed by atoms with E-state index in [0.717, 1.165) is 60.3 Å². The Balaban J connectivity index is 1.42. The van der Waals surface area contributed by atoms with E-state index in [4.69, 9.17) is 0 Å². The largest absolute Gasteiger partial charge is 0.330 e. The number of anilines is 1. The number of carbonyl (C=O) groups excluding carboxylic acids is 2. The van der Waals surface area contributed by atoms with Crippen molar-refractivity contribution in [2.24, 2.45) is 5.92 Å². The van der Waals surface area contributed by atoms with Gasteiger partial charge in [0.15, 0.2) is 0 Å². The minimum Gasteiger partial charge on any atom is -0.330 e. The van der Waals surface area contributed by atoms with Crippen LogP contribution >= 0.6 is 0 Å². The maximum atomic E-state index is 14.1. The van der Waals surface area contributed by atoms with Crippen molar-refractivity contribution in [2.45, 2.75) is 51.1 Å². The van der Waals surface area contributed by atoms with E-state index >= 15 is 0 Å². The Hall–Kier alpha value is -3.34. The smallest absolute Gasteiger partial charge is 0.247 e. The number of hydrogen-bond donors (Lipinski definition) is 0. The number of carbonyl (C=O) groups is 2. The molecule has 0 saturated heterocycles. The number of amides is 2. The molecule has 0 N–H and O–H groups in total. The Morgan fingerprint density at radius 2 is 1.73 bits per heavy atom. The van der Waals surface area contributed by atoms with Crippen molar-refractivity contribution in [2.75, 3.05) is 11.4 Å². The van der Waals surface area contributed by atoms with Crippen LogP contribution < -0.4 is 4.90 Å². The SMILES string of the molecule is Cc1cccc(C2c3cccn3-c3ccccc3N2C(=O)CN(C(=O)C2CCC2)C2CC2)c1. The second kappa shape index (κ2) is 7.91.